The number of carboxylic acid groups (broad SMARTS) is 1. The van der Waals surface area contributed by atoms with Crippen LogP contribution in [0.1, 0.15) is 52.9 Å². The van der Waals surface area contributed by atoms with Gasteiger partial charge in [0.1, 0.15) is 18.3 Å². The number of amides is 1. The molecule has 0 aliphatic heterocycles. The van der Waals surface area contributed by atoms with E-state index in [0.717, 1.165) is 11.6 Å². The average Bonchev–Trinajstić information content (AvgIpc) is 2.99. The summed E-state index contributed by atoms with van der Waals surface area (Å²) in [6.07, 6.45) is 8.62. The molecule has 0 saturated carbocycles. The first-order valence-corrected chi connectivity index (χ1v) is 15.1. The minimum absolute atomic E-state index is 0.0755. The second-order valence-electron chi connectivity index (χ2n) is 10.7. The molecule has 12 nitrogen and oxygen atoms in total. The fraction of sp³-hybridized carbons (Fsp3) is 0.455. The number of Topliss-reactive ketones (excluding diaryl/α,β-unsaturated/α-hetero) is 1. The summed E-state index contributed by atoms with van der Waals surface area (Å²) in [4.78, 5) is 46.7. The Labute approximate surface area is 273 Å². The predicted molar refractivity (Wildman–Crippen MR) is 171 cm³/mol. The molecule has 7 atom stereocenters. The van der Waals surface area contributed by atoms with Crippen molar-refractivity contribution in [1.82, 2.24) is 0 Å². The number of ketones is 1. The predicted octanol–water partition coefficient (Wildman–Crippen LogP) is 3.30. The minimum atomic E-state index is -1.82. The minimum Gasteiger partial charge on any atom is -0.478 e. The molecule has 254 valence electrons. The van der Waals surface area contributed by atoms with Crippen molar-refractivity contribution in [2.75, 3.05) is 0 Å². The van der Waals surface area contributed by atoms with Crippen LogP contribution in [0.3, 0.4) is 0 Å². The van der Waals surface area contributed by atoms with Crippen LogP contribution in [-0.4, -0.2) is 86.0 Å². The van der Waals surface area contributed by atoms with E-state index in [9.17, 15) is 39.6 Å². The highest BCUT2D eigenvalue weighted by molar-refractivity contribution is 6.30. The van der Waals surface area contributed by atoms with Gasteiger partial charge in [0, 0.05) is 41.9 Å². The van der Waals surface area contributed by atoms with E-state index >= 15 is 0 Å². The number of halogens is 1. The number of hydrogen-bond acceptors (Lipinski definition) is 10. The third kappa shape index (κ3) is 15.5. The number of allylic oxidation sites excluding steroid dienone is 9. The van der Waals surface area contributed by atoms with Gasteiger partial charge in [-0.2, -0.15) is 0 Å². The van der Waals surface area contributed by atoms with Crippen LogP contribution in [0.4, 0.5) is 4.79 Å². The quantitative estimate of drug-likeness (QED) is 0.0541. The monoisotopic (exact) mass is 665 g/mol. The zero-order chi connectivity index (χ0) is 34.8. The Morgan fingerprint density at radius 1 is 1.09 bits per heavy atom. The van der Waals surface area contributed by atoms with Gasteiger partial charge in [-0.3, -0.25) is 4.79 Å². The maximum Gasteiger partial charge on any atom is 0.405 e. The Balaban J connectivity index is 2.62. The third-order valence-corrected chi connectivity index (χ3v) is 7.29. The zero-order valence-corrected chi connectivity index (χ0v) is 26.8. The summed E-state index contributed by atoms with van der Waals surface area (Å²) in [5.74, 6) is -3.47. The molecule has 0 heterocycles. The lowest BCUT2D eigenvalue weighted by Gasteiger charge is -2.25. The molecule has 46 heavy (non-hydrogen) atoms. The first kappa shape index (κ1) is 40.2. The molecular weight excluding hydrogens is 622 g/mol. The first-order chi connectivity index (χ1) is 21.7. The highest BCUT2D eigenvalue weighted by atomic mass is 35.5. The van der Waals surface area contributed by atoms with Gasteiger partial charge >= 0.3 is 18.0 Å². The number of primary amides is 1. The van der Waals surface area contributed by atoms with Gasteiger partial charge < -0.3 is 40.7 Å². The fourth-order valence-electron chi connectivity index (χ4n) is 4.17. The molecule has 0 aromatic carbocycles. The highest BCUT2D eigenvalue weighted by Gasteiger charge is 2.32. The van der Waals surface area contributed by atoms with Crippen molar-refractivity contribution in [3.05, 3.63) is 83.0 Å². The summed E-state index contributed by atoms with van der Waals surface area (Å²) in [5.41, 5.74) is 5.92. The molecular formula is C33H44ClNO11. The van der Waals surface area contributed by atoms with Crippen LogP contribution in [0.15, 0.2) is 83.0 Å². The van der Waals surface area contributed by atoms with Crippen molar-refractivity contribution >= 4 is 35.4 Å². The number of nitrogens with two attached hydrogens (primary N) is 1. The van der Waals surface area contributed by atoms with Gasteiger partial charge in [0.2, 0.25) is 0 Å². The second kappa shape index (κ2) is 21.1. The van der Waals surface area contributed by atoms with Gasteiger partial charge in [0.15, 0.2) is 5.78 Å². The maximum absolute atomic E-state index is 12.5. The SMILES string of the molecule is CC/C=C/[C@H](C[C@H](O)CC(=O)[C@@H](O)[C@H](O)[C@H](C)/C(Cl)=C/C=C/C=C(C)/C=C/C=C/C(=O)O[C@H]1CC(C(=O)O)=CC[C@@H]1O)OC(N)=O. The van der Waals surface area contributed by atoms with Crippen LogP contribution >= 0.6 is 11.6 Å². The van der Waals surface area contributed by atoms with Crippen molar-refractivity contribution < 1.29 is 54.2 Å². The molecule has 0 saturated heterocycles. The number of aliphatic hydroxyl groups excluding tert-OH is 4. The van der Waals surface area contributed by atoms with Crippen LogP contribution in [0.2, 0.25) is 0 Å². The molecule has 0 aromatic heterocycles. The van der Waals surface area contributed by atoms with Crippen molar-refractivity contribution in [3.8, 4) is 0 Å². The Hall–Kier alpha value is -3.81. The summed E-state index contributed by atoms with van der Waals surface area (Å²) in [6.45, 7) is 5.18. The fourth-order valence-corrected chi connectivity index (χ4v) is 4.37. The lowest BCUT2D eigenvalue weighted by atomic mass is 9.93. The Morgan fingerprint density at radius 3 is 2.37 bits per heavy atom. The van der Waals surface area contributed by atoms with E-state index in [2.05, 4.69) is 0 Å². The first-order valence-electron chi connectivity index (χ1n) is 14.7. The molecule has 0 aromatic rings. The summed E-state index contributed by atoms with van der Waals surface area (Å²) in [5, 5.41) is 50.3. The van der Waals surface area contributed by atoms with E-state index in [1.165, 1.54) is 31.2 Å². The lowest BCUT2D eigenvalue weighted by molar-refractivity contribution is -0.150. The van der Waals surface area contributed by atoms with Crippen molar-refractivity contribution in [1.29, 1.82) is 0 Å². The van der Waals surface area contributed by atoms with Crippen LogP contribution in [0, 0.1) is 5.92 Å². The normalized spacial score (nSPS) is 21.3. The van der Waals surface area contributed by atoms with Crippen molar-refractivity contribution in [2.45, 2.75) is 89.5 Å². The van der Waals surface area contributed by atoms with Gasteiger partial charge in [-0.25, -0.2) is 14.4 Å². The van der Waals surface area contributed by atoms with E-state index < -0.39 is 72.8 Å². The number of carbonyl (C=O) groups excluding carboxylic acids is 3. The third-order valence-electron chi connectivity index (χ3n) is 6.82. The van der Waals surface area contributed by atoms with Gasteiger partial charge in [0.05, 0.1) is 18.3 Å². The molecule has 0 spiro atoms. The van der Waals surface area contributed by atoms with E-state index in [1.807, 2.05) is 6.92 Å². The Morgan fingerprint density at radius 2 is 1.74 bits per heavy atom. The van der Waals surface area contributed by atoms with Crippen molar-refractivity contribution in [3.63, 3.8) is 0 Å². The number of esters is 1. The smallest absolute Gasteiger partial charge is 0.405 e. The standard InChI is InChI=1S/C33H44ClNO11/c1-4-5-12-24(45-33(35)44)18-23(36)19-27(38)31(41)30(40)21(3)25(34)13-8-6-10-20(2)11-7-9-14-29(39)46-28-17-22(32(42)43)15-16-26(28)37/h5-15,21,23-24,26,28,30-31,36-37,40-41H,4,16-19H2,1-3H3,(H2,35,44)(H,42,43)/b8-6+,11-7+,12-5+,14-9+,20-10+,25-13-/t21-,23+,24-,26+,28+,30-,31-/m1/s1. The zero-order valence-electron chi connectivity index (χ0n) is 26.1. The number of rotatable bonds is 18. The summed E-state index contributed by atoms with van der Waals surface area (Å²) in [7, 11) is 0. The molecule has 13 heteroatoms. The average molecular weight is 666 g/mol. The Bertz CT molecular complexity index is 1260. The number of aliphatic hydroxyl groups is 4. The van der Waals surface area contributed by atoms with E-state index in [-0.39, 0.29) is 29.9 Å². The molecule has 1 rings (SSSR count). The molecule has 0 fully saturated rings. The molecule has 1 aliphatic carbocycles. The maximum atomic E-state index is 12.5. The van der Waals surface area contributed by atoms with E-state index in [4.69, 9.17) is 31.9 Å². The number of ether oxygens (including phenoxy) is 2. The topological polar surface area (TPSA) is 214 Å². The lowest BCUT2D eigenvalue weighted by Crippen LogP contribution is -2.40. The van der Waals surface area contributed by atoms with Crippen LogP contribution in [-0.2, 0) is 23.9 Å². The number of carboxylic acids is 1. The summed E-state index contributed by atoms with van der Waals surface area (Å²) >= 11 is 6.27. The molecule has 1 amide bonds. The molecule has 7 N–H and O–H groups in total. The van der Waals surface area contributed by atoms with Crippen LogP contribution in [0.5, 0.6) is 0 Å². The highest BCUT2D eigenvalue weighted by Crippen LogP contribution is 2.23. The molecule has 0 radical (unpaired) electrons. The second-order valence-corrected chi connectivity index (χ2v) is 11.1. The van der Waals surface area contributed by atoms with Gasteiger partial charge in [-0.1, -0.05) is 79.6 Å². The Kier molecular flexibility index (Phi) is 18.4. The van der Waals surface area contributed by atoms with E-state index in [1.54, 1.807) is 43.4 Å². The van der Waals surface area contributed by atoms with E-state index in [0.29, 0.717) is 6.42 Å². The number of hydrogen-bond donors (Lipinski definition) is 6. The van der Waals surface area contributed by atoms with Gasteiger partial charge in [-0.05, 0) is 31.9 Å². The number of aliphatic carboxylic acids is 1. The molecule has 0 bridgehead atoms. The largest absolute Gasteiger partial charge is 0.478 e. The van der Waals surface area contributed by atoms with Crippen LogP contribution < -0.4 is 5.73 Å². The van der Waals surface area contributed by atoms with Gasteiger partial charge in [0.25, 0.3) is 0 Å². The number of carbonyl (C=O) groups is 4. The molecule has 0 unspecified atom stereocenters. The summed E-state index contributed by atoms with van der Waals surface area (Å²) < 4.78 is 10.1. The van der Waals surface area contributed by atoms with Gasteiger partial charge in [-0.15, -0.1) is 0 Å². The summed E-state index contributed by atoms with van der Waals surface area (Å²) in [6, 6.07) is 0. The molecule has 1 aliphatic rings. The van der Waals surface area contributed by atoms with Crippen LogP contribution in [0.25, 0.3) is 0 Å². The van der Waals surface area contributed by atoms with Crippen molar-refractivity contribution in [2.24, 2.45) is 11.7 Å².